The van der Waals surface area contributed by atoms with E-state index in [1.54, 1.807) is 32.2 Å². The van der Waals surface area contributed by atoms with E-state index < -0.39 is 41.0 Å². The van der Waals surface area contributed by atoms with E-state index in [9.17, 15) is 30.0 Å². The summed E-state index contributed by atoms with van der Waals surface area (Å²) in [6, 6.07) is 16.3. The highest BCUT2D eigenvalue weighted by Gasteiger charge is 2.32. The second-order valence-corrected chi connectivity index (χ2v) is 17.4. The molecule has 0 saturated carbocycles. The van der Waals surface area contributed by atoms with Crippen molar-refractivity contribution in [2.24, 2.45) is 0 Å². The molecule has 0 spiro atoms. The Labute approximate surface area is 302 Å². The van der Waals surface area contributed by atoms with Gasteiger partial charge in [0.2, 0.25) is 0 Å². The highest BCUT2D eigenvalue weighted by molar-refractivity contribution is 7.92. The van der Waals surface area contributed by atoms with Gasteiger partial charge in [-0.3, -0.25) is 9.78 Å². The van der Waals surface area contributed by atoms with Crippen molar-refractivity contribution in [2.45, 2.75) is 55.1 Å². The number of methoxy groups -OCH3 is 2. The van der Waals surface area contributed by atoms with Crippen LogP contribution in [-0.4, -0.2) is 71.7 Å². The number of fused-ring (bicyclic) bond motifs is 1. The number of carbonyl (C=O) groups is 1. The molecule has 2 aromatic heterocycles. The average molecular weight is 771 g/mol. The van der Waals surface area contributed by atoms with Crippen LogP contribution in [0.5, 0.6) is 11.5 Å². The number of carbonyl (C=O) groups excluding carboxylic acids is 1. The maximum absolute atomic E-state index is 14.1. The highest BCUT2D eigenvalue weighted by atomic mass is 32.2. The van der Waals surface area contributed by atoms with E-state index in [2.05, 4.69) is 14.7 Å². The van der Waals surface area contributed by atoms with E-state index in [0.717, 1.165) is 11.1 Å². The molecule has 52 heavy (non-hydrogen) atoms. The Hall–Kier alpha value is -4.84. The number of benzene rings is 3. The molecule has 0 aliphatic heterocycles. The van der Waals surface area contributed by atoms with Gasteiger partial charge in [0, 0.05) is 29.8 Å². The Morgan fingerprint density at radius 3 is 2.17 bits per heavy atom. The monoisotopic (exact) mass is 770 g/mol. The summed E-state index contributed by atoms with van der Waals surface area (Å²) < 4.78 is 99.7. The van der Waals surface area contributed by atoms with Crippen LogP contribution in [0.4, 0.5) is 0 Å². The van der Waals surface area contributed by atoms with Crippen LogP contribution in [-0.2, 0) is 52.4 Å². The number of hydrogen-bond acceptors (Lipinski definition) is 12. The van der Waals surface area contributed by atoms with Crippen LogP contribution in [0.15, 0.2) is 87.9 Å². The third kappa shape index (κ3) is 8.28. The van der Waals surface area contributed by atoms with E-state index in [0.29, 0.717) is 32.3 Å². The number of pyridine rings is 1. The standard InChI is InChI=1S/C35H38N4O10S3/c1-23-6-12-28(13-7-23)50(41,42)19-18-49-33(40)17-10-26-8-14-29(15-9-26)52(45,46)39-32-16-11-27(47-4)20-30(32)38-35(39)51(43,44)37-22-31-25(3)34(48-5)24(2)21-36-31/h6-9,11-16,20-21,37H,10,17-19,22H2,1-5H3. The van der Waals surface area contributed by atoms with Crippen molar-refractivity contribution in [2.75, 3.05) is 26.6 Å². The first kappa shape index (κ1) is 38.4. The third-order valence-electron chi connectivity index (χ3n) is 8.29. The predicted octanol–water partition coefficient (Wildman–Crippen LogP) is 4.04. The van der Waals surface area contributed by atoms with Crippen LogP contribution in [0, 0.1) is 20.8 Å². The number of esters is 1. The summed E-state index contributed by atoms with van der Waals surface area (Å²) in [5.74, 6) is -0.0910. The van der Waals surface area contributed by atoms with Crippen LogP contribution < -0.4 is 14.2 Å². The summed E-state index contributed by atoms with van der Waals surface area (Å²) in [6.45, 7) is 4.81. The van der Waals surface area contributed by atoms with Gasteiger partial charge in [-0.1, -0.05) is 29.8 Å². The van der Waals surface area contributed by atoms with Crippen LogP contribution in [0.3, 0.4) is 0 Å². The zero-order valence-corrected chi connectivity index (χ0v) is 31.6. The lowest BCUT2D eigenvalue weighted by atomic mass is 10.1. The van der Waals surface area contributed by atoms with Gasteiger partial charge in [0.15, 0.2) is 9.84 Å². The highest BCUT2D eigenvalue weighted by Crippen LogP contribution is 2.29. The van der Waals surface area contributed by atoms with Crippen LogP contribution >= 0.6 is 0 Å². The average Bonchev–Trinajstić information content (AvgIpc) is 3.52. The molecule has 1 N–H and O–H groups in total. The van der Waals surface area contributed by atoms with E-state index in [1.807, 2.05) is 6.92 Å². The molecule has 14 nitrogen and oxygen atoms in total. The van der Waals surface area contributed by atoms with Crippen molar-refractivity contribution < 1.29 is 44.3 Å². The maximum atomic E-state index is 14.1. The quantitative estimate of drug-likeness (QED) is 0.151. The molecule has 3 aromatic carbocycles. The Morgan fingerprint density at radius 1 is 0.846 bits per heavy atom. The smallest absolute Gasteiger partial charge is 0.306 e. The normalized spacial score (nSPS) is 12.2. The summed E-state index contributed by atoms with van der Waals surface area (Å²) in [5.41, 5.74) is 3.35. The number of hydrogen-bond donors (Lipinski definition) is 1. The van der Waals surface area contributed by atoms with E-state index in [4.69, 9.17) is 14.2 Å². The minimum absolute atomic E-state index is 0.00343. The molecule has 0 aliphatic carbocycles. The zero-order chi connectivity index (χ0) is 37.8. The number of sulfonamides is 1. The first-order valence-corrected chi connectivity index (χ1v) is 20.5. The van der Waals surface area contributed by atoms with Gasteiger partial charge in [0.05, 0.1) is 53.0 Å². The molecule has 17 heteroatoms. The molecule has 5 aromatic rings. The van der Waals surface area contributed by atoms with Gasteiger partial charge in [-0.05, 0) is 69.2 Å². The lowest BCUT2D eigenvalue weighted by molar-refractivity contribution is -0.142. The Morgan fingerprint density at radius 2 is 1.52 bits per heavy atom. The second-order valence-electron chi connectivity index (χ2n) is 11.9. The number of aryl methyl sites for hydroxylation is 3. The molecule has 0 fully saturated rings. The molecular weight excluding hydrogens is 733 g/mol. The van der Waals surface area contributed by atoms with Crippen LogP contribution in [0.25, 0.3) is 11.0 Å². The topological polar surface area (TPSA) is 190 Å². The molecule has 276 valence electrons. The fourth-order valence-corrected chi connectivity index (χ4v) is 9.42. The summed E-state index contributed by atoms with van der Waals surface area (Å²) in [4.78, 5) is 20.8. The number of sulfone groups is 1. The van der Waals surface area contributed by atoms with Gasteiger partial charge < -0.3 is 14.2 Å². The van der Waals surface area contributed by atoms with E-state index in [-0.39, 0.29) is 52.6 Å². The Bertz CT molecular complexity index is 2450. The summed E-state index contributed by atoms with van der Waals surface area (Å²) in [5, 5.41) is -0.760. The number of imidazole rings is 1. The first-order chi connectivity index (χ1) is 24.6. The summed E-state index contributed by atoms with van der Waals surface area (Å²) in [6.07, 6.45) is 1.65. The van der Waals surface area contributed by atoms with Gasteiger partial charge in [0.25, 0.3) is 25.2 Å². The van der Waals surface area contributed by atoms with Gasteiger partial charge in [-0.15, -0.1) is 0 Å². The van der Waals surface area contributed by atoms with E-state index >= 15 is 0 Å². The van der Waals surface area contributed by atoms with Crippen molar-refractivity contribution in [1.82, 2.24) is 18.7 Å². The van der Waals surface area contributed by atoms with Gasteiger partial charge in [0.1, 0.15) is 18.1 Å². The fraction of sp³-hybridized carbons (Fsp3) is 0.286. The number of nitrogens with one attached hydrogen (secondary N) is 1. The number of rotatable bonds is 15. The number of aromatic nitrogens is 3. The minimum atomic E-state index is -4.56. The van der Waals surface area contributed by atoms with Crippen LogP contribution in [0.1, 0.15) is 34.4 Å². The number of nitrogens with zero attached hydrogens (tertiary/aromatic N) is 3. The zero-order valence-electron chi connectivity index (χ0n) is 29.1. The lowest BCUT2D eigenvalue weighted by Gasteiger charge is -2.14. The SMILES string of the molecule is COc1ccc2c(c1)nc(S(=O)(=O)NCc1ncc(C)c(OC)c1C)n2S(=O)(=O)c1ccc(CCC(=O)OCCS(=O)(=O)c2ccc(C)cc2)cc1. The molecule has 0 aliphatic rings. The first-order valence-electron chi connectivity index (χ1n) is 15.9. The summed E-state index contributed by atoms with van der Waals surface area (Å²) in [7, 11) is -9.82. The van der Waals surface area contributed by atoms with Crippen molar-refractivity contribution in [3.8, 4) is 11.5 Å². The fourth-order valence-electron chi connectivity index (χ4n) is 5.40. The van der Waals surface area contributed by atoms with Gasteiger partial charge in [-0.25, -0.2) is 38.9 Å². The second kappa shape index (κ2) is 15.4. The maximum Gasteiger partial charge on any atom is 0.306 e. The molecule has 0 unspecified atom stereocenters. The summed E-state index contributed by atoms with van der Waals surface area (Å²) >= 11 is 0. The molecule has 0 bridgehead atoms. The van der Waals surface area contributed by atoms with E-state index in [1.165, 1.54) is 68.8 Å². The van der Waals surface area contributed by atoms with Crippen molar-refractivity contribution in [1.29, 1.82) is 0 Å². The van der Waals surface area contributed by atoms with Gasteiger partial charge in [-0.2, -0.15) is 0 Å². The largest absolute Gasteiger partial charge is 0.497 e. The van der Waals surface area contributed by atoms with Gasteiger partial charge >= 0.3 is 5.97 Å². The van der Waals surface area contributed by atoms with Crippen molar-refractivity contribution in [3.05, 3.63) is 101 Å². The molecule has 2 heterocycles. The molecule has 0 amide bonds. The minimum Gasteiger partial charge on any atom is -0.497 e. The van der Waals surface area contributed by atoms with Crippen molar-refractivity contribution in [3.63, 3.8) is 0 Å². The third-order valence-corrected chi connectivity index (χ3v) is 13.1. The number of ether oxygens (including phenoxy) is 3. The van der Waals surface area contributed by atoms with Crippen LogP contribution in [0.2, 0.25) is 0 Å². The molecule has 0 atom stereocenters. The van der Waals surface area contributed by atoms with Crippen molar-refractivity contribution >= 4 is 46.9 Å². The molecule has 0 radical (unpaired) electrons. The lowest BCUT2D eigenvalue weighted by Crippen LogP contribution is -2.29. The Kier molecular flexibility index (Phi) is 11.4. The Balaban J connectivity index is 1.33. The molecule has 5 rings (SSSR count). The predicted molar refractivity (Wildman–Crippen MR) is 192 cm³/mol. The molecule has 0 saturated heterocycles. The molecular formula is C35H38N4O10S3.